The second-order valence-corrected chi connectivity index (χ2v) is 4.98. The van der Waals surface area contributed by atoms with Crippen molar-refractivity contribution >= 4 is 11.8 Å². The summed E-state index contributed by atoms with van der Waals surface area (Å²) in [6.07, 6.45) is 1.57. The fraction of sp³-hybridized carbons (Fsp3) is 0.462. The summed E-state index contributed by atoms with van der Waals surface area (Å²) >= 11 is 0. The quantitative estimate of drug-likeness (QED) is 0.781. The van der Waals surface area contributed by atoms with Crippen LogP contribution in [0.3, 0.4) is 0 Å². The molecule has 2 amide bonds. The number of aromatic nitrogens is 1. The van der Waals surface area contributed by atoms with Crippen LogP contribution in [0.2, 0.25) is 0 Å². The van der Waals surface area contributed by atoms with E-state index in [0.717, 1.165) is 0 Å². The van der Waals surface area contributed by atoms with Gasteiger partial charge in [0.05, 0.1) is 0 Å². The Kier molecular flexibility index (Phi) is 4.83. The number of carbonyl (C=O) groups is 2. The molecule has 0 saturated heterocycles. The van der Waals surface area contributed by atoms with Gasteiger partial charge in [0.15, 0.2) is 0 Å². The molecular formula is C13H19N3O2. The highest BCUT2D eigenvalue weighted by atomic mass is 16.2. The van der Waals surface area contributed by atoms with Crippen LogP contribution in [0.25, 0.3) is 0 Å². The summed E-state index contributed by atoms with van der Waals surface area (Å²) in [5, 5.41) is 5.44. The average molecular weight is 249 g/mol. The standard InChI is InChI=1S/C13H19N3O2/c1-13(2,3)12(18)16-9-8-15-11(17)10-6-4-5-7-14-10/h4-7H,8-9H2,1-3H3,(H,15,17)(H,16,18). The highest BCUT2D eigenvalue weighted by Crippen LogP contribution is 2.11. The molecule has 0 saturated carbocycles. The maximum atomic E-state index is 11.6. The summed E-state index contributed by atoms with van der Waals surface area (Å²) < 4.78 is 0. The molecule has 0 aliphatic rings. The number of carbonyl (C=O) groups excluding carboxylic acids is 2. The third-order valence-corrected chi connectivity index (χ3v) is 2.27. The van der Waals surface area contributed by atoms with Gasteiger partial charge in [0, 0.05) is 24.7 Å². The van der Waals surface area contributed by atoms with Crippen LogP contribution in [0.5, 0.6) is 0 Å². The minimum Gasteiger partial charge on any atom is -0.354 e. The molecule has 5 heteroatoms. The molecule has 1 heterocycles. The van der Waals surface area contributed by atoms with Crippen LogP contribution in [0, 0.1) is 5.41 Å². The van der Waals surface area contributed by atoms with Gasteiger partial charge in [-0.1, -0.05) is 26.8 Å². The molecule has 5 nitrogen and oxygen atoms in total. The van der Waals surface area contributed by atoms with Crippen molar-refractivity contribution in [3.8, 4) is 0 Å². The lowest BCUT2D eigenvalue weighted by molar-refractivity contribution is -0.128. The number of hydrogen-bond acceptors (Lipinski definition) is 3. The van der Waals surface area contributed by atoms with Crippen molar-refractivity contribution in [3.63, 3.8) is 0 Å². The number of amides is 2. The van der Waals surface area contributed by atoms with Crippen LogP contribution in [0.15, 0.2) is 24.4 Å². The van der Waals surface area contributed by atoms with Crippen molar-refractivity contribution < 1.29 is 9.59 Å². The van der Waals surface area contributed by atoms with Crippen molar-refractivity contribution in [3.05, 3.63) is 30.1 Å². The predicted molar refractivity (Wildman–Crippen MR) is 69.0 cm³/mol. The number of nitrogens with one attached hydrogen (secondary N) is 2. The van der Waals surface area contributed by atoms with Crippen LogP contribution >= 0.6 is 0 Å². The molecule has 0 bridgehead atoms. The first-order valence-corrected chi connectivity index (χ1v) is 5.89. The summed E-state index contributed by atoms with van der Waals surface area (Å²) in [5.41, 5.74) is -0.0370. The summed E-state index contributed by atoms with van der Waals surface area (Å²) in [6.45, 7) is 6.32. The molecule has 98 valence electrons. The van der Waals surface area contributed by atoms with Crippen LogP contribution in [-0.4, -0.2) is 29.9 Å². The summed E-state index contributed by atoms with van der Waals surface area (Å²) in [5.74, 6) is -0.268. The molecule has 2 N–H and O–H groups in total. The third kappa shape index (κ3) is 4.53. The van der Waals surface area contributed by atoms with E-state index < -0.39 is 5.41 Å². The minimum atomic E-state index is -0.412. The molecule has 0 atom stereocenters. The monoisotopic (exact) mass is 249 g/mol. The zero-order valence-corrected chi connectivity index (χ0v) is 11.0. The topological polar surface area (TPSA) is 71.1 Å². The van der Waals surface area contributed by atoms with E-state index in [-0.39, 0.29) is 11.8 Å². The zero-order valence-electron chi connectivity index (χ0n) is 11.0. The van der Waals surface area contributed by atoms with E-state index >= 15 is 0 Å². The molecule has 0 spiro atoms. The Hall–Kier alpha value is -1.91. The minimum absolute atomic E-state index is 0.0328. The fourth-order valence-electron chi connectivity index (χ4n) is 1.20. The maximum absolute atomic E-state index is 11.6. The summed E-state index contributed by atoms with van der Waals surface area (Å²) in [4.78, 5) is 27.1. The van der Waals surface area contributed by atoms with Crippen molar-refractivity contribution in [2.45, 2.75) is 20.8 Å². The molecule has 18 heavy (non-hydrogen) atoms. The highest BCUT2D eigenvalue weighted by molar-refractivity contribution is 5.92. The Balaban J connectivity index is 2.27. The Morgan fingerprint density at radius 1 is 1.17 bits per heavy atom. The lowest BCUT2D eigenvalue weighted by Crippen LogP contribution is -2.40. The fourth-order valence-corrected chi connectivity index (χ4v) is 1.20. The first-order chi connectivity index (χ1) is 8.41. The average Bonchev–Trinajstić information content (AvgIpc) is 2.34. The smallest absolute Gasteiger partial charge is 0.269 e. The van der Waals surface area contributed by atoms with Crippen molar-refractivity contribution in [1.82, 2.24) is 15.6 Å². The molecular weight excluding hydrogens is 230 g/mol. The van der Waals surface area contributed by atoms with Gasteiger partial charge in [-0.25, -0.2) is 0 Å². The van der Waals surface area contributed by atoms with E-state index in [1.807, 2.05) is 20.8 Å². The largest absolute Gasteiger partial charge is 0.354 e. The Morgan fingerprint density at radius 3 is 2.39 bits per heavy atom. The van der Waals surface area contributed by atoms with E-state index in [0.29, 0.717) is 18.8 Å². The highest BCUT2D eigenvalue weighted by Gasteiger charge is 2.20. The molecule has 1 aromatic heterocycles. The van der Waals surface area contributed by atoms with Crippen LogP contribution in [0.1, 0.15) is 31.3 Å². The maximum Gasteiger partial charge on any atom is 0.269 e. The van der Waals surface area contributed by atoms with E-state index in [1.54, 1.807) is 24.4 Å². The summed E-state index contributed by atoms with van der Waals surface area (Å²) in [7, 11) is 0. The van der Waals surface area contributed by atoms with Gasteiger partial charge in [-0.3, -0.25) is 14.6 Å². The summed E-state index contributed by atoms with van der Waals surface area (Å²) in [6, 6.07) is 5.15. The lowest BCUT2D eigenvalue weighted by Gasteiger charge is -2.17. The van der Waals surface area contributed by atoms with E-state index in [4.69, 9.17) is 0 Å². The van der Waals surface area contributed by atoms with Gasteiger partial charge < -0.3 is 10.6 Å². The second kappa shape index (κ2) is 6.14. The first-order valence-electron chi connectivity index (χ1n) is 5.89. The van der Waals surface area contributed by atoms with Gasteiger partial charge in [0.25, 0.3) is 5.91 Å². The van der Waals surface area contributed by atoms with Gasteiger partial charge in [-0.05, 0) is 12.1 Å². The number of nitrogens with zero attached hydrogens (tertiary/aromatic N) is 1. The first kappa shape index (κ1) is 14.2. The van der Waals surface area contributed by atoms with Crippen LogP contribution in [0.4, 0.5) is 0 Å². The predicted octanol–water partition coefficient (Wildman–Crippen LogP) is 0.974. The van der Waals surface area contributed by atoms with E-state index in [2.05, 4.69) is 15.6 Å². The van der Waals surface area contributed by atoms with Crippen LogP contribution < -0.4 is 10.6 Å². The molecule has 0 unspecified atom stereocenters. The van der Waals surface area contributed by atoms with Crippen molar-refractivity contribution in [1.29, 1.82) is 0 Å². The van der Waals surface area contributed by atoms with E-state index in [9.17, 15) is 9.59 Å². The normalized spacial score (nSPS) is 10.8. The van der Waals surface area contributed by atoms with Gasteiger partial charge in [-0.15, -0.1) is 0 Å². The van der Waals surface area contributed by atoms with E-state index in [1.165, 1.54) is 0 Å². The van der Waals surface area contributed by atoms with Gasteiger partial charge in [0.1, 0.15) is 5.69 Å². The molecule has 0 aliphatic heterocycles. The lowest BCUT2D eigenvalue weighted by atomic mass is 9.96. The molecule has 1 aromatic rings. The second-order valence-electron chi connectivity index (χ2n) is 4.98. The number of pyridine rings is 1. The molecule has 0 aromatic carbocycles. The van der Waals surface area contributed by atoms with Gasteiger partial charge in [-0.2, -0.15) is 0 Å². The third-order valence-electron chi connectivity index (χ3n) is 2.27. The number of rotatable bonds is 4. The molecule has 1 rings (SSSR count). The Bertz CT molecular complexity index is 410. The van der Waals surface area contributed by atoms with Crippen molar-refractivity contribution in [2.24, 2.45) is 5.41 Å². The number of hydrogen-bond donors (Lipinski definition) is 2. The molecule has 0 radical (unpaired) electrons. The van der Waals surface area contributed by atoms with Gasteiger partial charge >= 0.3 is 0 Å². The SMILES string of the molecule is CC(C)(C)C(=O)NCCNC(=O)c1ccccn1. The molecule has 0 fully saturated rings. The Labute approximate surface area is 107 Å². The van der Waals surface area contributed by atoms with Crippen LogP contribution in [-0.2, 0) is 4.79 Å². The molecule has 0 aliphatic carbocycles. The zero-order chi connectivity index (χ0) is 13.6. The van der Waals surface area contributed by atoms with Gasteiger partial charge in [0.2, 0.25) is 5.91 Å². The van der Waals surface area contributed by atoms with Crippen molar-refractivity contribution in [2.75, 3.05) is 13.1 Å². The Morgan fingerprint density at radius 2 is 1.83 bits per heavy atom.